The zero-order chi connectivity index (χ0) is 26.7. The number of nitrogens with zero attached hydrogens (tertiary/aromatic N) is 3. The quantitative estimate of drug-likeness (QED) is 0.259. The monoisotopic (exact) mass is 502 g/mol. The number of para-hydroxylation sites is 1. The van der Waals surface area contributed by atoms with Gasteiger partial charge in [0, 0.05) is 24.4 Å². The Hall–Kier alpha value is -3.41. The van der Waals surface area contributed by atoms with Crippen molar-refractivity contribution in [2.24, 2.45) is 0 Å². The Bertz CT molecular complexity index is 1120. The lowest BCUT2D eigenvalue weighted by atomic mass is 9.92. The van der Waals surface area contributed by atoms with Crippen LogP contribution in [0.5, 0.6) is 0 Å². The Morgan fingerprint density at radius 1 is 0.892 bits per heavy atom. The molecule has 1 heterocycles. The Balaban J connectivity index is 1.73. The molecule has 1 N–H and O–H groups in total. The van der Waals surface area contributed by atoms with Crippen molar-refractivity contribution in [1.82, 2.24) is 14.7 Å². The van der Waals surface area contributed by atoms with Gasteiger partial charge in [-0.25, -0.2) is 4.68 Å². The van der Waals surface area contributed by atoms with Gasteiger partial charge in [-0.05, 0) is 24.1 Å². The van der Waals surface area contributed by atoms with E-state index >= 15 is 0 Å². The van der Waals surface area contributed by atoms with Gasteiger partial charge < -0.3 is 10.2 Å². The molecule has 2 aromatic carbocycles. The minimum absolute atomic E-state index is 0.00557. The maximum Gasteiger partial charge on any atom is 0.245 e. The van der Waals surface area contributed by atoms with E-state index in [2.05, 4.69) is 33.0 Å². The lowest BCUT2D eigenvalue weighted by molar-refractivity contribution is -0.135. The van der Waals surface area contributed by atoms with Gasteiger partial charge in [0.15, 0.2) is 0 Å². The average molecular weight is 503 g/mol. The highest BCUT2D eigenvalue weighted by Crippen LogP contribution is 2.26. The molecule has 0 aliphatic heterocycles. The fourth-order valence-electron chi connectivity index (χ4n) is 4.21. The van der Waals surface area contributed by atoms with Crippen molar-refractivity contribution in [2.45, 2.75) is 84.6 Å². The van der Waals surface area contributed by atoms with Gasteiger partial charge in [-0.3, -0.25) is 9.59 Å². The summed E-state index contributed by atoms with van der Waals surface area (Å²) in [5.41, 5.74) is 2.59. The van der Waals surface area contributed by atoms with Crippen LogP contribution in [0.4, 0.5) is 5.82 Å². The first-order chi connectivity index (χ1) is 17.8. The lowest BCUT2D eigenvalue weighted by Crippen LogP contribution is -2.37. The first-order valence-corrected chi connectivity index (χ1v) is 13.6. The predicted molar refractivity (Wildman–Crippen MR) is 151 cm³/mol. The van der Waals surface area contributed by atoms with Gasteiger partial charge >= 0.3 is 0 Å². The summed E-state index contributed by atoms with van der Waals surface area (Å²) in [5, 5.41) is 7.81. The number of anilines is 1. The normalized spacial score (nSPS) is 11.4. The van der Waals surface area contributed by atoms with Crippen LogP contribution in [-0.4, -0.2) is 33.0 Å². The number of amides is 2. The molecule has 0 aliphatic carbocycles. The number of hydrogen-bond acceptors (Lipinski definition) is 3. The van der Waals surface area contributed by atoms with Gasteiger partial charge in [0.25, 0.3) is 0 Å². The molecule has 6 nitrogen and oxygen atoms in total. The van der Waals surface area contributed by atoms with Crippen LogP contribution in [0, 0.1) is 0 Å². The smallest absolute Gasteiger partial charge is 0.245 e. The first-order valence-electron chi connectivity index (χ1n) is 13.6. The number of rotatable bonds is 13. The minimum Gasteiger partial charge on any atom is -0.329 e. The van der Waals surface area contributed by atoms with Crippen LogP contribution in [0.2, 0.25) is 0 Å². The van der Waals surface area contributed by atoms with Gasteiger partial charge in [-0.15, -0.1) is 0 Å². The fraction of sp³-hybridized carbons (Fsp3) is 0.452. The lowest BCUT2D eigenvalue weighted by Gasteiger charge is -2.22. The molecule has 3 aromatic rings. The molecule has 0 saturated carbocycles. The molecule has 2 amide bonds. The van der Waals surface area contributed by atoms with E-state index in [4.69, 9.17) is 5.10 Å². The SMILES string of the molecule is CCCCCCCCC(=O)N(CC(=O)Nc1cc(C(C)(C)C)nn1-c1ccccc1)Cc1ccccc1. The zero-order valence-electron chi connectivity index (χ0n) is 22.9. The van der Waals surface area contributed by atoms with Crippen molar-refractivity contribution in [3.8, 4) is 5.69 Å². The van der Waals surface area contributed by atoms with Gasteiger partial charge in [-0.1, -0.05) is 108 Å². The summed E-state index contributed by atoms with van der Waals surface area (Å²) in [6, 6.07) is 21.5. The third-order valence-corrected chi connectivity index (χ3v) is 6.39. The van der Waals surface area contributed by atoms with E-state index in [-0.39, 0.29) is 23.8 Å². The van der Waals surface area contributed by atoms with Crippen LogP contribution < -0.4 is 5.32 Å². The summed E-state index contributed by atoms with van der Waals surface area (Å²) in [7, 11) is 0. The number of carbonyl (C=O) groups excluding carboxylic acids is 2. The first kappa shape index (κ1) is 28.2. The van der Waals surface area contributed by atoms with Crippen LogP contribution in [-0.2, 0) is 21.5 Å². The number of carbonyl (C=O) groups is 2. The second-order valence-electron chi connectivity index (χ2n) is 10.7. The molecule has 0 aliphatic rings. The van der Waals surface area contributed by atoms with Crippen molar-refractivity contribution in [2.75, 3.05) is 11.9 Å². The molecule has 37 heavy (non-hydrogen) atoms. The van der Waals surface area contributed by atoms with Gasteiger partial charge in [-0.2, -0.15) is 5.10 Å². The molecular weight excluding hydrogens is 460 g/mol. The largest absolute Gasteiger partial charge is 0.329 e. The maximum atomic E-state index is 13.3. The summed E-state index contributed by atoms with van der Waals surface area (Å²) < 4.78 is 1.76. The van der Waals surface area contributed by atoms with Crippen LogP contribution in [0.15, 0.2) is 66.7 Å². The molecule has 0 spiro atoms. The fourth-order valence-corrected chi connectivity index (χ4v) is 4.21. The van der Waals surface area contributed by atoms with Gasteiger partial charge in [0.2, 0.25) is 11.8 Å². The summed E-state index contributed by atoms with van der Waals surface area (Å²) in [6.45, 7) is 8.89. The summed E-state index contributed by atoms with van der Waals surface area (Å²) in [4.78, 5) is 28.1. The molecule has 0 unspecified atom stereocenters. The van der Waals surface area contributed by atoms with E-state index in [0.29, 0.717) is 18.8 Å². The number of aromatic nitrogens is 2. The van der Waals surface area contributed by atoms with Gasteiger partial charge in [0.1, 0.15) is 12.4 Å². The zero-order valence-corrected chi connectivity index (χ0v) is 22.9. The van der Waals surface area contributed by atoms with Crippen LogP contribution in [0.1, 0.15) is 83.9 Å². The molecule has 0 atom stereocenters. The molecular formula is C31H42N4O2. The van der Waals surface area contributed by atoms with E-state index in [1.165, 1.54) is 19.3 Å². The summed E-state index contributed by atoms with van der Waals surface area (Å²) in [5.74, 6) is 0.385. The highest BCUT2D eigenvalue weighted by molar-refractivity contribution is 5.94. The standard InChI is InChI=1S/C31H42N4O2/c1-5-6-7-8-9-16-21-30(37)34(23-25-17-12-10-13-18-25)24-29(36)32-28-22-27(31(2,3)4)33-35(28)26-19-14-11-15-20-26/h10-15,17-20,22H,5-9,16,21,23-24H2,1-4H3,(H,32,36). The average Bonchev–Trinajstić information content (AvgIpc) is 3.31. The van der Waals surface area contributed by atoms with E-state index < -0.39 is 0 Å². The predicted octanol–water partition coefficient (Wildman–Crippen LogP) is 6.89. The second-order valence-corrected chi connectivity index (χ2v) is 10.7. The van der Waals surface area contributed by atoms with Crippen molar-refractivity contribution >= 4 is 17.6 Å². The minimum atomic E-state index is -0.232. The Kier molecular flexibility index (Phi) is 10.5. The molecule has 3 rings (SSSR count). The van der Waals surface area contributed by atoms with Crippen LogP contribution in [0.3, 0.4) is 0 Å². The third-order valence-electron chi connectivity index (χ3n) is 6.39. The van der Waals surface area contributed by atoms with Crippen LogP contribution in [0.25, 0.3) is 5.69 Å². The topological polar surface area (TPSA) is 67.2 Å². The number of hydrogen-bond donors (Lipinski definition) is 1. The van der Waals surface area contributed by atoms with Crippen molar-refractivity contribution in [3.05, 3.63) is 78.0 Å². The number of benzene rings is 2. The van der Waals surface area contributed by atoms with Crippen LogP contribution >= 0.6 is 0 Å². The van der Waals surface area contributed by atoms with E-state index in [1.807, 2.05) is 66.7 Å². The van der Waals surface area contributed by atoms with E-state index in [9.17, 15) is 9.59 Å². The maximum absolute atomic E-state index is 13.3. The van der Waals surface area contributed by atoms with Gasteiger partial charge in [0.05, 0.1) is 11.4 Å². The van der Waals surface area contributed by atoms with Crippen molar-refractivity contribution in [3.63, 3.8) is 0 Å². The second kappa shape index (κ2) is 13.8. The Morgan fingerprint density at radius 2 is 1.51 bits per heavy atom. The molecule has 0 fully saturated rings. The molecule has 0 radical (unpaired) electrons. The molecule has 0 saturated heterocycles. The van der Waals surface area contributed by atoms with E-state index in [1.54, 1.807) is 9.58 Å². The molecule has 0 bridgehead atoms. The third kappa shape index (κ3) is 8.88. The molecule has 1 aromatic heterocycles. The number of nitrogens with one attached hydrogen (secondary N) is 1. The molecule has 198 valence electrons. The highest BCUT2D eigenvalue weighted by atomic mass is 16.2. The Labute approximate surface area is 222 Å². The van der Waals surface area contributed by atoms with Crippen molar-refractivity contribution in [1.29, 1.82) is 0 Å². The van der Waals surface area contributed by atoms with Crippen molar-refractivity contribution < 1.29 is 9.59 Å². The highest BCUT2D eigenvalue weighted by Gasteiger charge is 2.23. The molecule has 6 heteroatoms. The summed E-state index contributed by atoms with van der Waals surface area (Å²) >= 11 is 0. The number of unbranched alkanes of at least 4 members (excludes halogenated alkanes) is 5. The Morgan fingerprint density at radius 3 is 2.16 bits per heavy atom. The van der Waals surface area contributed by atoms with E-state index in [0.717, 1.165) is 36.2 Å². The summed E-state index contributed by atoms with van der Waals surface area (Å²) in [6.07, 6.45) is 7.17.